The lowest BCUT2D eigenvalue weighted by atomic mass is 9.47. The molecule has 1 unspecified atom stereocenters. The van der Waals surface area contributed by atoms with E-state index in [0.717, 1.165) is 44.2 Å². The van der Waals surface area contributed by atoms with Gasteiger partial charge in [0.05, 0.1) is 5.41 Å². The topological polar surface area (TPSA) is 66.4 Å². The number of fused-ring (bicyclic) bond motifs is 5. The third kappa shape index (κ3) is 1.80. The Bertz CT molecular complexity index is 641. The smallest absolute Gasteiger partial charge is 0.309 e. The maximum atomic E-state index is 12.0. The Hall–Kier alpha value is -1.32. The zero-order valence-electron chi connectivity index (χ0n) is 15.0. The maximum Gasteiger partial charge on any atom is 0.309 e. The molecule has 1 heterocycles. The van der Waals surface area contributed by atoms with Crippen molar-refractivity contribution in [2.45, 2.75) is 65.7 Å². The van der Waals surface area contributed by atoms with Crippen LogP contribution in [-0.4, -0.2) is 17.0 Å². The number of nitrogens with one attached hydrogen (secondary N) is 1. The molecule has 4 aliphatic rings. The highest BCUT2D eigenvalue weighted by atomic mass is 16.4. The van der Waals surface area contributed by atoms with Crippen LogP contribution >= 0.6 is 0 Å². The first-order valence-electron chi connectivity index (χ1n) is 9.46. The Morgan fingerprint density at radius 1 is 1.17 bits per heavy atom. The number of piperidine rings is 1. The Balaban J connectivity index is 1.70. The van der Waals surface area contributed by atoms with Gasteiger partial charge in [0, 0.05) is 17.5 Å². The van der Waals surface area contributed by atoms with Crippen molar-refractivity contribution in [3.63, 3.8) is 0 Å². The first-order valence-corrected chi connectivity index (χ1v) is 9.46. The molecule has 6 atom stereocenters. The summed E-state index contributed by atoms with van der Waals surface area (Å²) in [4.78, 5) is 23.8. The number of hydrogen-bond donors (Lipinski definition) is 2. The quantitative estimate of drug-likeness (QED) is 0.769. The Kier molecular flexibility index (Phi) is 3.27. The monoisotopic (exact) mass is 331 g/mol. The fourth-order valence-corrected chi connectivity index (χ4v) is 6.81. The standard InChI is InChI=1S/C20H29NO3/c1-18-9-8-16(22)21-15(18)5-4-12-13(18)6-10-19(2)14(12)7-11-20(19,3)17(23)24/h5,12-14H,4,6-11H2,1-3H3,(H,21,22)(H,23,24)/t12-,13-,14+,18-,19+,20?/m1/s1. The zero-order valence-corrected chi connectivity index (χ0v) is 15.0. The van der Waals surface area contributed by atoms with E-state index >= 15 is 0 Å². The van der Waals surface area contributed by atoms with Gasteiger partial charge in [-0.3, -0.25) is 9.59 Å². The van der Waals surface area contributed by atoms with Gasteiger partial charge in [0.1, 0.15) is 0 Å². The summed E-state index contributed by atoms with van der Waals surface area (Å²) in [5, 5.41) is 13.0. The van der Waals surface area contributed by atoms with Gasteiger partial charge in [-0.05, 0) is 68.6 Å². The summed E-state index contributed by atoms with van der Waals surface area (Å²) in [7, 11) is 0. The molecule has 4 rings (SSSR count). The lowest BCUT2D eigenvalue weighted by Crippen LogP contribution is -2.55. The molecule has 1 aliphatic heterocycles. The van der Waals surface area contributed by atoms with E-state index in [0.29, 0.717) is 24.2 Å². The van der Waals surface area contributed by atoms with Crippen molar-refractivity contribution in [2.75, 3.05) is 0 Å². The van der Waals surface area contributed by atoms with Crippen LogP contribution < -0.4 is 5.32 Å². The van der Waals surface area contributed by atoms with Crippen molar-refractivity contribution >= 4 is 11.9 Å². The average Bonchev–Trinajstić information content (AvgIpc) is 2.81. The van der Waals surface area contributed by atoms with E-state index in [9.17, 15) is 14.7 Å². The number of carboxylic acids is 1. The molecule has 3 aliphatic carbocycles. The summed E-state index contributed by atoms with van der Waals surface area (Å²) < 4.78 is 0. The van der Waals surface area contributed by atoms with Gasteiger partial charge >= 0.3 is 5.97 Å². The van der Waals surface area contributed by atoms with E-state index in [1.165, 1.54) is 0 Å². The van der Waals surface area contributed by atoms with Gasteiger partial charge in [0.25, 0.3) is 0 Å². The third-order valence-electron chi connectivity index (χ3n) is 8.69. The fourth-order valence-electron chi connectivity index (χ4n) is 6.81. The highest BCUT2D eigenvalue weighted by Crippen LogP contribution is 2.68. The van der Waals surface area contributed by atoms with Gasteiger partial charge in [-0.15, -0.1) is 0 Å². The van der Waals surface area contributed by atoms with Gasteiger partial charge in [0.15, 0.2) is 0 Å². The van der Waals surface area contributed by atoms with Crippen LogP contribution in [0.3, 0.4) is 0 Å². The van der Waals surface area contributed by atoms with Crippen LogP contribution in [0.1, 0.15) is 65.7 Å². The molecule has 132 valence electrons. The molecule has 4 nitrogen and oxygen atoms in total. The molecule has 0 spiro atoms. The normalized spacial score (nSPS) is 50.2. The highest BCUT2D eigenvalue weighted by molar-refractivity contribution is 5.79. The first kappa shape index (κ1) is 16.2. The lowest BCUT2D eigenvalue weighted by molar-refractivity contribution is -0.160. The molecule has 0 aromatic rings. The summed E-state index contributed by atoms with van der Waals surface area (Å²) >= 11 is 0. The summed E-state index contributed by atoms with van der Waals surface area (Å²) in [5.41, 5.74) is 0.525. The second-order valence-electron chi connectivity index (χ2n) is 9.33. The summed E-state index contributed by atoms with van der Waals surface area (Å²) in [5.74, 6) is 1.16. The Morgan fingerprint density at radius 3 is 2.58 bits per heavy atom. The second kappa shape index (κ2) is 4.86. The van der Waals surface area contributed by atoms with E-state index in [1.54, 1.807) is 0 Å². The summed E-state index contributed by atoms with van der Waals surface area (Å²) in [6, 6.07) is 0. The number of aliphatic carboxylic acids is 1. The van der Waals surface area contributed by atoms with Crippen molar-refractivity contribution in [3.8, 4) is 0 Å². The molecule has 1 amide bonds. The number of hydrogen-bond acceptors (Lipinski definition) is 2. The van der Waals surface area contributed by atoms with Crippen molar-refractivity contribution in [1.82, 2.24) is 5.32 Å². The number of amides is 1. The van der Waals surface area contributed by atoms with E-state index in [2.05, 4.69) is 25.2 Å². The van der Waals surface area contributed by atoms with Crippen LogP contribution in [0.2, 0.25) is 0 Å². The van der Waals surface area contributed by atoms with Crippen molar-refractivity contribution in [3.05, 3.63) is 11.8 Å². The molecule has 0 bridgehead atoms. The molecular formula is C20H29NO3. The first-order chi connectivity index (χ1) is 11.2. The molecule has 3 fully saturated rings. The molecule has 2 N–H and O–H groups in total. The molecule has 2 saturated carbocycles. The SMILES string of the molecule is CC1(C(=O)O)CC[C@H]2[C@@H]3CC=C4NC(=O)CC[C@]4(C)[C@@H]3CC[C@@]21C. The molecule has 0 radical (unpaired) electrons. The minimum absolute atomic E-state index is 0.0698. The van der Waals surface area contributed by atoms with Gasteiger partial charge in [-0.25, -0.2) is 0 Å². The molecule has 4 heteroatoms. The fraction of sp³-hybridized carbons (Fsp3) is 0.800. The van der Waals surface area contributed by atoms with Crippen molar-refractivity contribution in [2.24, 2.45) is 34.0 Å². The van der Waals surface area contributed by atoms with Crippen LogP contribution in [0.25, 0.3) is 0 Å². The molecule has 24 heavy (non-hydrogen) atoms. The summed E-state index contributed by atoms with van der Waals surface area (Å²) in [6.45, 7) is 6.53. The van der Waals surface area contributed by atoms with E-state index in [1.807, 2.05) is 6.92 Å². The van der Waals surface area contributed by atoms with Crippen molar-refractivity contribution in [1.29, 1.82) is 0 Å². The number of rotatable bonds is 1. The summed E-state index contributed by atoms with van der Waals surface area (Å²) in [6.07, 6.45) is 8.72. The molecule has 0 aromatic carbocycles. The predicted molar refractivity (Wildman–Crippen MR) is 91.0 cm³/mol. The minimum atomic E-state index is -0.617. The van der Waals surface area contributed by atoms with E-state index in [-0.39, 0.29) is 16.7 Å². The zero-order chi connectivity index (χ0) is 17.3. The number of allylic oxidation sites excluding steroid dienone is 2. The van der Waals surface area contributed by atoms with Gasteiger partial charge in [0.2, 0.25) is 5.91 Å². The molecular weight excluding hydrogens is 302 g/mol. The maximum absolute atomic E-state index is 12.0. The minimum Gasteiger partial charge on any atom is -0.481 e. The van der Waals surface area contributed by atoms with Crippen molar-refractivity contribution < 1.29 is 14.7 Å². The predicted octanol–water partition coefficient (Wildman–Crippen LogP) is 3.72. The van der Waals surface area contributed by atoms with Gasteiger partial charge < -0.3 is 10.4 Å². The van der Waals surface area contributed by atoms with E-state index in [4.69, 9.17) is 0 Å². The van der Waals surface area contributed by atoms with Crippen LogP contribution in [0.5, 0.6) is 0 Å². The number of carbonyl (C=O) groups excluding carboxylic acids is 1. The lowest BCUT2D eigenvalue weighted by Gasteiger charge is -2.58. The largest absolute Gasteiger partial charge is 0.481 e. The van der Waals surface area contributed by atoms with Crippen LogP contribution in [0.4, 0.5) is 0 Å². The van der Waals surface area contributed by atoms with Crippen LogP contribution in [-0.2, 0) is 9.59 Å². The third-order valence-corrected chi connectivity index (χ3v) is 8.69. The number of carbonyl (C=O) groups is 2. The van der Waals surface area contributed by atoms with Crippen LogP contribution in [0, 0.1) is 34.0 Å². The Morgan fingerprint density at radius 2 is 1.88 bits per heavy atom. The molecule has 1 saturated heterocycles. The second-order valence-corrected chi connectivity index (χ2v) is 9.33. The average molecular weight is 331 g/mol. The van der Waals surface area contributed by atoms with Gasteiger partial charge in [-0.2, -0.15) is 0 Å². The van der Waals surface area contributed by atoms with E-state index < -0.39 is 11.4 Å². The molecule has 0 aromatic heterocycles. The van der Waals surface area contributed by atoms with Crippen LogP contribution in [0.15, 0.2) is 11.8 Å². The number of carboxylic acid groups (broad SMARTS) is 1. The van der Waals surface area contributed by atoms with Gasteiger partial charge in [-0.1, -0.05) is 19.9 Å². The Labute approximate surface area is 144 Å². The highest BCUT2D eigenvalue weighted by Gasteiger charge is 2.64.